The van der Waals surface area contributed by atoms with E-state index in [1.54, 1.807) is 0 Å². The maximum Gasteiger partial charge on any atom is 0.149 e. The molecule has 0 bridgehead atoms. The molecular weight excluding hydrogens is 833 g/mol. The van der Waals surface area contributed by atoms with E-state index in [1.807, 2.05) is 12.1 Å². The zero-order chi connectivity index (χ0) is 47.0. The molecule has 0 atom stereocenters. The molecule has 0 amide bonds. The van der Waals surface area contributed by atoms with E-state index in [0.29, 0.717) is 11.4 Å². The Morgan fingerprint density at radius 1 is 0.456 bits per heavy atom. The molecule has 12 rings (SSSR count). The van der Waals surface area contributed by atoms with Gasteiger partial charge in [-0.25, -0.2) is 9.97 Å². The monoisotopic (exact) mass is 886 g/mol. The number of phenols is 1. The van der Waals surface area contributed by atoms with Gasteiger partial charge < -0.3 is 9.52 Å². The molecule has 4 heterocycles. The first-order valence-corrected chi connectivity index (χ1v) is 23.7. The Morgan fingerprint density at radius 2 is 1.18 bits per heavy atom. The number of benzene rings is 8. The number of aromatic hydroxyl groups is 1. The summed E-state index contributed by atoms with van der Waals surface area (Å²) < 4.78 is 11.1. The molecule has 0 saturated carbocycles. The molecule has 0 aliphatic heterocycles. The molecule has 4 aromatic heterocycles. The summed E-state index contributed by atoms with van der Waals surface area (Å²) >= 11 is 0. The summed E-state index contributed by atoms with van der Waals surface area (Å²) in [6, 6.07) is 56.2. The van der Waals surface area contributed by atoms with Crippen molar-refractivity contribution >= 4 is 71.3 Å². The molecule has 1 N–H and O–H groups in total. The predicted octanol–water partition coefficient (Wildman–Crippen LogP) is 16.6. The Hall–Kier alpha value is -7.70. The smallest absolute Gasteiger partial charge is 0.149 e. The molecule has 0 fully saturated rings. The van der Waals surface area contributed by atoms with E-state index in [0.717, 1.165) is 110 Å². The number of para-hydroxylation sites is 4. The highest BCUT2D eigenvalue weighted by molar-refractivity contribution is 6.20. The van der Waals surface area contributed by atoms with Gasteiger partial charge in [-0.1, -0.05) is 159 Å². The van der Waals surface area contributed by atoms with Crippen LogP contribution in [0.15, 0.2) is 162 Å². The van der Waals surface area contributed by atoms with Crippen molar-refractivity contribution in [2.75, 3.05) is 0 Å². The minimum absolute atomic E-state index is 0.0818. The number of hydrogen-bond acceptors (Lipinski definition) is 4. The highest BCUT2D eigenvalue weighted by Gasteiger charge is 2.30. The lowest BCUT2D eigenvalue weighted by molar-refractivity contribution is 0.446. The van der Waals surface area contributed by atoms with Gasteiger partial charge in [-0.05, 0) is 105 Å². The van der Waals surface area contributed by atoms with Crippen molar-refractivity contribution in [1.29, 1.82) is 0 Å². The summed E-state index contributed by atoms with van der Waals surface area (Å²) in [4.78, 5) is 11.0. The largest absolute Gasteiger partial charge is 0.507 e. The number of hydrogen-bond donors (Lipinski definition) is 1. The van der Waals surface area contributed by atoms with Crippen LogP contribution in [0.2, 0.25) is 0 Å². The highest BCUT2D eigenvalue weighted by atomic mass is 16.3. The second kappa shape index (κ2) is 14.6. The number of phenolic OH excluding ortho intramolecular Hbond substituents is 1. The maximum absolute atomic E-state index is 12.6. The van der Waals surface area contributed by atoms with Crippen LogP contribution >= 0.6 is 0 Å². The lowest BCUT2D eigenvalue weighted by atomic mass is 9.79. The molecule has 334 valence electrons. The predicted molar refractivity (Wildman–Crippen MR) is 284 cm³/mol. The van der Waals surface area contributed by atoms with Gasteiger partial charge in [-0.15, -0.1) is 0 Å². The standard InChI is InChI=1S/C62H54N4O2/c1-60(2,3)38-27-29-50(43(31-38)36-18-11-10-12-19-36)65-52-24-17-21-40(56(52)64-59(65)47-32-39(61(4,5)6)33-48(57(47)67)62(7,8)9)37-26-28-41-44-35-55-45(42-20-13-16-25-54(42)68-55)34-53(44)66-51-23-15-14-22-49(51)63-58(66)46(41)30-37/h10-35,67H,1-9H3. The van der Waals surface area contributed by atoms with Gasteiger partial charge in [0.2, 0.25) is 0 Å². The van der Waals surface area contributed by atoms with Crippen LogP contribution in [0.3, 0.4) is 0 Å². The summed E-state index contributed by atoms with van der Waals surface area (Å²) in [5.41, 5.74) is 16.0. The molecule has 0 aliphatic rings. The van der Waals surface area contributed by atoms with Crippen molar-refractivity contribution in [3.63, 3.8) is 0 Å². The Morgan fingerprint density at radius 3 is 1.96 bits per heavy atom. The summed E-state index contributed by atoms with van der Waals surface area (Å²) in [5.74, 6) is 0.937. The summed E-state index contributed by atoms with van der Waals surface area (Å²) in [7, 11) is 0. The van der Waals surface area contributed by atoms with Crippen LogP contribution < -0.4 is 0 Å². The highest BCUT2D eigenvalue weighted by Crippen LogP contribution is 2.47. The van der Waals surface area contributed by atoms with E-state index in [4.69, 9.17) is 14.4 Å². The maximum atomic E-state index is 12.6. The molecule has 0 radical (unpaired) electrons. The Labute approximate surface area is 396 Å². The molecular formula is C62H54N4O2. The van der Waals surface area contributed by atoms with Crippen LogP contribution in [0.5, 0.6) is 5.75 Å². The van der Waals surface area contributed by atoms with E-state index in [9.17, 15) is 5.11 Å². The number of pyridine rings is 1. The number of aromatic nitrogens is 4. The molecule has 0 aliphatic carbocycles. The lowest BCUT2D eigenvalue weighted by Crippen LogP contribution is -2.17. The van der Waals surface area contributed by atoms with Crippen molar-refractivity contribution in [3.05, 3.63) is 174 Å². The normalized spacial score (nSPS) is 12.8. The van der Waals surface area contributed by atoms with Gasteiger partial charge in [0, 0.05) is 38.2 Å². The van der Waals surface area contributed by atoms with Crippen molar-refractivity contribution in [3.8, 4) is 45.1 Å². The van der Waals surface area contributed by atoms with Crippen LogP contribution in [-0.4, -0.2) is 24.0 Å². The summed E-state index contributed by atoms with van der Waals surface area (Å²) in [6.07, 6.45) is 0. The third kappa shape index (κ3) is 6.45. The van der Waals surface area contributed by atoms with Crippen LogP contribution in [0, 0.1) is 0 Å². The van der Waals surface area contributed by atoms with Crippen LogP contribution in [0.4, 0.5) is 0 Å². The fraction of sp³-hybridized carbons (Fsp3) is 0.194. The lowest BCUT2D eigenvalue weighted by Gasteiger charge is -2.28. The Bertz CT molecular complexity index is 4030. The van der Waals surface area contributed by atoms with E-state index >= 15 is 0 Å². The average molecular weight is 887 g/mol. The average Bonchev–Trinajstić information content (AvgIpc) is 4.02. The second-order valence-electron chi connectivity index (χ2n) is 21.7. The SMILES string of the molecule is CC(C)(C)c1ccc(-n2c(-c3cc(C(C)(C)C)cc(C(C)(C)C)c3O)nc3c(-c4ccc5c6cc7oc8ccccc8c7cc6n6c7ccccc7nc6c5c4)cccc32)c(-c2ccccc2)c1. The molecule has 0 unspecified atom stereocenters. The third-order valence-electron chi connectivity index (χ3n) is 14.1. The van der Waals surface area contributed by atoms with Gasteiger partial charge in [-0.2, -0.15) is 0 Å². The van der Waals surface area contributed by atoms with Gasteiger partial charge in [0.1, 0.15) is 28.4 Å². The van der Waals surface area contributed by atoms with Gasteiger partial charge in [-0.3, -0.25) is 8.97 Å². The fourth-order valence-corrected chi connectivity index (χ4v) is 10.4. The number of rotatable bonds is 4. The number of fused-ring (bicyclic) bond motifs is 12. The number of nitrogens with zero attached hydrogens (tertiary/aromatic N) is 4. The molecule has 68 heavy (non-hydrogen) atoms. The van der Waals surface area contributed by atoms with Gasteiger partial charge in [0.25, 0.3) is 0 Å². The zero-order valence-corrected chi connectivity index (χ0v) is 40.2. The van der Waals surface area contributed by atoms with Gasteiger partial charge in [0.15, 0.2) is 0 Å². The van der Waals surface area contributed by atoms with E-state index < -0.39 is 0 Å². The van der Waals surface area contributed by atoms with Crippen LogP contribution in [0.25, 0.3) is 111 Å². The van der Waals surface area contributed by atoms with Crippen molar-refractivity contribution in [2.24, 2.45) is 0 Å². The van der Waals surface area contributed by atoms with Gasteiger partial charge >= 0.3 is 0 Å². The zero-order valence-electron chi connectivity index (χ0n) is 40.2. The van der Waals surface area contributed by atoms with E-state index in [2.05, 4.69) is 217 Å². The summed E-state index contributed by atoms with van der Waals surface area (Å²) in [5, 5.41) is 18.0. The molecule has 0 saturated heterocycles. The van der Waals surface area contributed by atoms with Gasteiger partial charge in [0.05, 0.1) is 38.8 Å². The van der Waals surface area contributed by atoms with Crippen molar-refractivity contribution in [2.45, 2.75) is 78.6 Å². The van der Waals surface area contributed by atoms with Crippen molar-refractivity contribution in [1.82, 2.24) is 18.9 Å². The topological polar surface area (TPSA) is 68.5 Å². The molecule has 12 aromatic rings. The first-order valence-electron chi connectivity index (χ1n) is 23.7. The van der Waals surface area contributed by atoms with Crippen LogP contribution in [-0.2, 0) is 16.2 Å². The fourth-order valence-electron chi connectivity index (χ4n) is 10.4. The third-order valence-corrected chi connectivity index (χ3v) is 14.1. The second-order valence-corrected chi connectivity index (χ2v) is 21.7. The molecule has 0 spiro atoms. The number of furan rings is 1. The van der Waals surface area contributed by atoms with E-state index in [1.165, 1.54) is 5.56 Å². The van der Waals surface area contributed by atoms with E-state index in [-0.39, 0.29) is 22.0 Å². The summed E-state index contributed by atoms with van der Waals surface area (Å²) in [6.45, 7) is 20.0. The molecule has 6 nitrogen and oxygen atoms in total. The van der Waals surface area contributed by atoms with Crippen molar-refractivity contribution < 1.29 is 9.52 Å². The Kier molecular flexibility index (Phi) is 8.99. The minimum Gasteiger partial charge on any atom is -0.507 e. The Balaban J connectivity index is 1.18. The first kappa shape index (κ1) is 41.7. The number of imidazole rings is 2. The minimum atomic E-state index is -0.333. The van der Waals surface area contributed by atoms with Crippen LogP contribution in [0.1, 0.15) is 79.0 Å². The molecule has 6 heteroatoms. The quantitative estimate of drug-likeness (QED) is 0.179. The first-order chi connectivity index (χ1) is 32.5. The molecule has 8 aromatic carbocycles.